The van der Waals surface area contributed by atoms with Crippen molar-refractivity contribution in [1.82, 2.24) is 20.1 Å². The van der Waals surface area contributed by atoms with Crippen LogP contribution >= 0.6 is 11.3 Å². The van der Waals surface area contributed by atoms with E-state index in [0.29, 0.717) is 17.1 Å². The van der Waals surface area contributed by atoms with Crippen LogP contribution in [0.3, 0.4) is 0 Å². The van der Waals surface area contributed by atoms with Gasteiger partial charge in [-0.3, -0.25) is 4.79 Å². The van der Waals surface area contributed by atoms with Crippen molar-refractivity contribution >= 4 is 17.2 Å². The topological polar surface area (TPSA) is 69.0 Å². The Balaban J connectivity index is 1.64. The van der Waals surface area contributed by atoms with Crippen LogP contribution in [0.4, 0.5) is 8.78 Å². The lowest BCUT2D eigenvalue weighted by atomic mass is 10.1. The number of ether oxygens (including phenoxy) is 1. The van der Waals surface area contributed by atoms with Gasteiger partial charge in [-0.05, 0) is 54.3 Å². The lowest BCUT2D eigenvalue weighted by molar-refractivity contribution is 0.0929. The van der Waals surface area contributed by atoms with Crippen LogP contribution in [-0.2, 0) is 0 Å². The number of benzene rings is 2. The third kappa shape index (κ3) is 4.31. The van der Waals surface area contributed by atoms with Crippen LogP contribution in [0.2, 0.25) is 0 Å². The monoisotopic (exact) mass is 440 g/mol. The molecule has 0 radical (unpaired) electrons. The van der Waals surface area contributed by atoms with Gasteiger partial charge in [0.15, 0.2) is 17.4 Å². The molecule has 1 atom stereocenters. The van der Waals surface area contributed by atoms with Crippen molar-refractivity contribution in [2.24, 2.45) is 0 Å². The number of hydrogen-bond donors (Lipinski definition) is 1. The summed E-state index contributed by atoms with van der Waals surface area (Å²) in [6.45, 7) is 1.73. The van der Waals surface area contributed by atoms with Gasteiger partial charge in [-0.1, -0.05) is 18.2 Å². The first-order valence-corrected chi connectivity index (χ1v) is 10.3. The van der Waals surface area contributed by atoms with Crippen molar-refractivity contribution in [3.05, 3.63) is 83.0 Å². The van der Waals surface area contributed by atoms with Crippen LogP contribution in [0.1, 0.15) is 29.1 Å². The summed E-state index contributed by atoms with van der Waals surface area (Å²) < 4.78 is 34.1. The van der Waals surface area contributed by atoms with Crippen LogP contribution < -0.4 is 10.1 Å². The highest BCUT2D eigenvalue weighted by molar-refractivity contribution is 7.13. The van der Waals surface area contributed by atoms with Gasteiger partial charge in [0.2, 0.25) is 5.82 Å². The zero-order chi connectivity index (χ0) is 22.0. The second-order valence-electron chi connectivity index (χ2n) is 6.72. The van der Waals surface area contributed by atoms with Crippen LogP contribution in [-0.4, -0.2) is 27.8 Å². The number of nitrogens with zero attached hydrogens (tertiary/aromatic N) is 3. The molecule has 6 nitrogen and oxygen atoms in total. The zero-order valence-electron chi connectivity index (χ0n) is 16.7. The second-order valence-corrected chi connectivity index (χ2v) is 7.66. The molecule has 0 aliphatic rings. The predicted molar refractivity (Wildman–Crippen MR) is 113 cm³/mol. The van der Waals surface area contributed by atoms with Crippen molar-refractivity contribution in [3.8, 4) is 22.1 Å². The summed E-state index contributed by atoms with van der Waals surface area (Å²) in [6.07, 6.45) is 0. The van der Waals surface area contributed by atoms with E-state index in [1.165, 1.54) is 47.4 Å². The summed E-state index contributed by atoms with van der Waals surface area (Å²) in [7, 11) is 1.38. The average Bonchev–Trinajstić information content (AvgIpc) is 3.43. The normalized spacial score (nSPS) is 11.9. The molecule has 0 bridgehead atoms. The summed E-state index contributed by atoms with van der Waals surface area (Å²) in [5.74, 6) is -1.00. The molecule has 1 unspecified atom stereocenters. The highest BCUT2D eigenvalue weighted by atomic mass is 32.1. The first-order chi connectivity index (χ1) is 15.0. The molecule has 1 N–H and O–H groups in total. The summed E-state index contributed by atoms with van der Waals surface area (Å²) in [5, 5.41) is 8.95. The molecule has 0 aliphatic heterocycles. The Kier molecular flexibility index (Phi) is 5.77. The molecule has 9 heteroatoms. The maximum Gasteiger partial charge on any atom is 0.291 e. The van der Waals surface area contributed by atoms with E-state index in [1.807, 2.05) is 17.5 Å². The molecule has 31 heavy (non-hydrogen) atoms. The van der Waals surface area contributed by atoms with Gasteiger partial charge in [-0.15, -0.1) is 16.4 Å². The number of methoxy groups -OCH3 is 1. The maximum absolute atomic E-state index is 14.0. The number of aromatic nitrogens is 3. The Labute approximate surface area is 181 Å². The van der Waals surface area contributed by atoms with Gasteiger partial charge in [0.25, 0.3) is 5.91 Å². The quantitative estimate of drug-likeness (QED) is 0.469. The highest BCUT2D eigenvalue weighted by Gasteiger charge is 2.21. The number of carbonyl (C=O) groups excluding carboxylic acids is 1. The van der Waals surface area contributed by atoms with Crippen molar-refractivity contribution in [3.63, 3.8) is 0 Å². The molecule has 4 rings (SSSR count). The fourth-order valence-electron chi connectivity index (χ4n) is 3.06. The molecule has 0 spiro atoms. The molecule has 0 fully saturated rings. The SMILES string of the molecule is COc1ccc(C(C)NC(=O)c2nc(-c3cccs3)n(-c3cccc(F)c3)n2)cc1F. The van der Waals surface area contributed by atoms with E-state index < -0.39 is 23.6 Å². The van der Waals surface area contributed by atoms with Crippen LogP contribution in [0.25, 0.3) is 16.4 Å². The smallest absolute Gasteiger partial charge is 0.291 e. The van der Waals surface area contributed by atoms with Crippen molar-refractivity contribution in [2.45, 2.75) is 13.0 Å². The molecule has 0 aliphatic carbocycles. The van der Waals surface area contributed by atoms with Gasteiger partial charge in [0.05, 0.1) is 23.7 Å². The minimum Gasteiger partial charge on any atom is -0.494 e. The standard InChI is InChI=1S/C22H18F2N4O2S/c1-13(14-8-9-18(30-2)17(24)11-14)25-22(29)20-26-21(19-7-4-10-31-19)28(27-20)16-6-3-5-15(23)12-16/h3-13H,1-2H3,(H,25,29). The lowest BCUT2D eigenvalue weighted by Crippen LogP contribution is -2.27. The molecule has 2 aromatic heterocycles. The second kappa shape index (κ2) is 8.65. The summed E-state index contributed by atoms with van der Waals surface area (Å²) >= 11 is 1.43. The van der Waals surface area contributed by atoms with Crippen molar-refractivity contribution < 1.29 is 18.3 Å². The van der Waals surface area contributed by atoms with Crippen LogP contribution in [0.5, 0.6) is 5.75 Å². The number of hydrogen-bond acceptors (Lipinski definition) is 5. The third-order valence-electron chi connectivity index (χ3n) is 4.63. The summed E-state index contributed by atoms with van der Waals surface area (Å²) in [5.41, 5.74) is 1.01. The number of nitrogens with one attached hydrogen (secondary N) is 1. The average molecular weight is 440 g/mol. The summed E-state index contributed by atoms with van der Waals surface area (Å²) in [4.78, 5) is 18.0. The molecule has 0 saturated heterocycles. The first-order valence-electron chi connectivity index (χ1n) is 9.37. The van der Waals surface area contributed by atoms with E-state index in [4.69, 9.17) is 4.74 Å². The van der Waals surface area contributed by atoms with E-state index >= 15 is 0 Å². The highest BCUT2D eigenvalue weighted by Crippen LogP contribution is 2.26. The van der Waals surface area contributed by atoms with E-state index in [-0.39, 0.29) is 11.6 Å². The van der Waals surface area contributed by atoms with E-state index in [9.17, 15) is 13.6 Å². The third-order valence-corrected chi connectivity index (χ3v) is 5.49. The fraction of sp³-hybridized carbons (Fsp3) is 0.136. The Hall–Kier alpha value is -3.59. The minimum absolute atomic E-state index is 0.0755. The van der Waals surface area contributed by atoms with Crippen molar-refractivity contribution in [1.29, 1.82) is 0 Å². The Bertz CT molecular complexity index is 1220. The lowest BCUT2D eigenvalue weighted by Gasteiger charge is -2.14. The van der Waals surface area contributed by atoms with Gasteiger partial charge in [-0.25, -0.2) is 18.4 Å². The first kappa shape index (κ1) is 20.7. The van der Waals surface area contributed by atoms with Gasteiger partial charge >= 0.3 is 0 Å². The molecular weight excluding hydrogens is 422 g/mol. The Morgan fingerprint density at radius 3 is 2.68 bits per heavy atom. The molecular formula is C22H18F2N4O2S. The largest absolute Gasteiger partial charge is 0.494 e. The van der Waals surface area contributed by atoms with E-state index in [1.54, 1.807) is 25.1 Å². The van der Waals surface area contributed by atoms with E-state index in [0.717, 1.165) is 4.88 Å². The zero-order valence-corrected chi connectivity index (χ0v) is 17.5. The van der Waals surface area contributed by atoms with Gasteiger partial charge in [-0.2, -0.15) is 0 Å². The maximum atomic E-state index is 14.0. The Morgan fingerprint density at radius 1 is 1.16 bits per heavy atom. The minimum atomic E-state index is -0.531. The number of thiophene rings is 1. The van der Waals surface area contributed by atoms with Crippen LogP contribution in [0.15, 0.2) is 60.0 Å². The number of amides is 1. The Morgan fingerprint density at radius 2 is 2.00 bits per heavy atom. The number of carbonyl (C=O) groups is 1. The predicted octanol–water partition coefficient (Wildman–Crippen LogP) is 4.77. The number of rotatable bonds is 6. The van der Waals surface area contributed by atoms with Gasteiger partial charge < -0.3 is 10.1 Å². The van der Waals surface area contributed by atoms with Crippen molar-refractivity contribution in [2.75, 3.05) is 7.11 Å². The molecule has 4 aromatic rings. The van der Waals surface area contributed by atoms with E-state index in [2.05, 4.69) is 15.4 Å². The number of halogens is 2. The van der Waals surface area contributed by atoms with Gasteiger partial charge in [0, 0.05) is 0 Å². The molecule has 2 heterocycles. The fourth-order valence-corrected chi connectivity index (χ4v) is 3.76. The molecule has 2 aromatic carbocycles. The summed E-state index contributed by atoms with van der Waals surface area (Å²) in [6, 6.07) is 13.6. The molecule has 0 saturated carbocycles. The molecule has 158 valence electrons. The van der Waals surface area contributed by atoms with Crippen LogP contribution in [0, 0.1) is 11.6 Å². The van der Waals surface area contributed by atoms with Gasteiger partial charge in [0.1, 0.15) is 5.82 Å². The molecule has 1 amide bonds.